The molecule has 6 nitrogen and oxygen atoms in total. The Morgan fingerprint density at radius 2 is 1.82 bits per heavy atom. The predicted octanol–water partition coefficient (Wildman–Crippen LogP) is 5.06. The molecule has 0 aliphatic carbocycles. The maximum atomic E-state index is 12.9. The molecule has 3 rings (SSSR count). The van der Waals surface area contributed by atoms with Crippen LogP contribution in [0.3, 0.4) is 0 Å². The Morgan fingerprint density at radius 1 is 1.03 bits per heavy atom. The fraction of sp³-hybridized carbons (Fsp3) is 0.259. The second-order valence-electron chi connectivity index (χ2n) is 7.93. The maximum Gasteiger partial charge on any atom is 0.267 e. The first-order valence-electron chi connectivity index (χ1n) is 11.2. The summed E-state index contributed by atoms with van der Waals surface area (Å²) in [5.41, 5.74) is 1.79. The summed E-state index contributed by atoms with van der Waals surface area (Å²) in [5.74, 6) is 0.818. The molecular formula is C27H30N2O4S. The number of thiophene rings is 1. The van der Waals surface area contributed by atoms with Crippen LogP contribution in [0.2, 0.25) is 0 Å². The normalized spacial score (nSPS) is 11.2. The minimum absolute atomic E-state index is 0.121. The van der Waals surface area contributed by atoms with Crippen LogP contribution in [0.25, 0.3) is 6.08 Å². The Labute approximate surface area is 204 Å². The van der Waals surface area contributed by atoms with Crippen LogP contribution in [-0.2, 0) is 11.2 Å². The Balaban J connectivity index is 1.59. The summed E-state index contributed by atoms with van der Waals surface area (Å²) in [6.07, 6.45) is 3.37. The molecule has 0 saturated carbocycles. The fourth-order valence-corrected chi connectivity index (χ4v) is 3.90. The molecule has 7 heteroatoms. The summed E-state index contributed by atoms with van der Waals surface area (Å²) in [5, 5.41) is 7.59. The van der Waals surface area contributed by atoms with Crippen LogP contribution in [0.15, 0.2) is 71.7 Å². The average molecular weight is 479 g/mol. The lowest BCUT2D eigenvalue weighted by Crippen LogP contribution is -2.35. The number of carbonyl (C=O) groups excluding carboxylic acids is 2. The first-order chi connectivity index (χ1) is 16.4. The first kappa shape index (κ1) is 25.1. The van der Waals surface area contributed by atoms with Crippen molar-refractivity contribution in [2.45, 2.75) is 32.8 Å². The Hall–Kier alpha value is -3.58. The highest BCUT2D eigenvalue weighted by molar-refractivity contribution is 7.10. The van der Waals surface area contributed by atoms with E-state index in [0.29, 0.717) is 17.9 Å². The molecule has 0 unspecified atom stereocenters. The van der Waals surface area contributed by atoms with E-state index in [-0.39, 0.29) is 23.6 Å². The molecule has 0 radical (unpaired) electrons. The van der Waals surface area contributed by atoms with Crippen LogP contribution in [0.5, 0.6) is 11.5 Å². The van der Waals surface area contributed by atoms with Crippen molar-refractivity contribution in [3.63, 3.8) is 0 Å². The lowest BCUT2D eigenvalue weighted by Gasteiger charge is -2.12. The quantitative estimate of drug-likeness (QED) is 0.298. The number of nitrogens with one attached hydrogen (secondary N) is 2. The molecule has 34 heavy (non-hydrogen) atoms. The van der Waals surface area contributed by atoms with Crippen molar-refractivity contribution < 1.29 is 19.1 Å². The second-order valence-corrected chi connectivity index (χ2v) is 8.91. The summed E-state index contributed by atoms with van der Waals surface area (Å²) < 4.78 is 10.9. The van der Waals surface area contributed by atoms with Gasteiger partial charge >= 0.3 is 0 Å². The molecule has 2 amide bonds. The molecule has 1 heterocycles. The van der Waals surface area contributed by atoms with E-state index in [0.717, 1.165) is 29.0 Å². The molecular weight excluding hydrogens is 448 g/mol. The topological polar surface area (TPSA) is 76.7 Å². The minimum atomic E-state index is -0.359. The van der Waals surface area contributed by atoms with Gasteiger partial charge in [-0.25, -0.2) is 0 Å². The van der Waals surface area contributed by atoms with Gasteiger partial charge in [-0.05, 0) is 86.2 Å². The van der Waals surface area contributed by atoms with Crippen molar-refractivity contribution in [3.8, 4) is 11.5 Å². The van der Waals surface area contributed by atoms with E-state index in [9.17, 15) is 9.59 Å². The van der Waals surface area contributed by atoms with Crippen LogP contribution >= 0.6 is 11.3 Å². The number of ether oxygens (including phenoxy) is 2. The van der Waals surface area contributed by atoms with E-state index in [1.54, 1.807) is 37.5 Å². The number of methoxy groups -OCH3 is 1. The number of amides is 2. The highest BCUT2D eigenvalue weighted by atomic mass is 32.1. The number of hydrogen-bond acceptors (Lipinski definition) is 5. The third kappa shape index (κ3) is 7.78. The molecule has 0 spiro atoms. The van der Waals surface area contributed by atoms with Crippen LogP contribution in [0.1, 0.15) is 41.1 Å². The third-order valence-electron chi connectivity index (χ3n) is 4.87. The molecule has 0 aliphatic rings. The lowest BCUT2D eigenvalue weighted by atomic mass is 10.1. The highest BCUT2D eigenvalue weighted by Crippen LogP contribution is 2.17. The van der Waals surface area contributed by atoms with Crippen molar-refractivity contribution in [1.29, 1.82) is 0 Å². The summed E-state index contributed by atoms with van der Waals surface area (Å²) in [4.78, 5) is 26.5. The van der Waals surface area contributed by atoms with Crippen molar-refractivity contribution in [1.82, 2.24) is 10.6 Å². The number of benzene rings is 2. The fourth-order valence-electron chi connectivity index (χ4n) is 3.25. The summed E-state index contributed by atoms with van der Waals surface area (Å²) in [6, 6.07) is 18.5. The number of hydrogen-bond donors (Lipinski definition) is 2. The Morgan fingerprint density at radius 3 is 2.50 bits per heavy atom. The molecule has 3 aromatic rings. The second kappa shape index (κ2) is 12.6. The molecule has 178 valence electrons. The van der Waals surface area contributed by atoms with Gasteiger partial charge in [0.25, 0.3) is 11.8 Å². The maximum absolute atomic E-state index is 12.9. The minimum Gasteiger partial charge on any atom is -0.497 e. The van der Waals surface area contributed by atoms with Gasteiger partial charge < -0.3 is 20.1 Å². The number of rotatable bonds is 11. The molecule has 1 aromatic heterocycles. The number of aryl methyl sites for hydroxylation is 1. The van der Waals surface area contributed by atoms with Gasteiger partial charge in [0.05, 0.1) is 13.2 Å². The van der Waals surface area contributed by atoms with Crippen LogP contribution in [0, 0.1) is 0 Å². The Bertz CT molecular complexity index is 1110. The van der Waals surface area contributed by atoms with Crippen molar-refractivity contribution >= 4 is 29.2 Å². The molecule has 0 aliphatic heterocycles. The molecule has 0 atom stereocenters. The SMILES string of the molecule is COc1ccc(C(=O)N/C(=C\c2cccs2)C(=O)NCCCc2cccc(OC(C)C)c2)cc1. The zero-order valence-corrected chi connectivity index (χ0v) is 20.5. The van der Waals surface area contributed by atoms with Crippen molar-refractivity contribution in [2.24, 2.45) is 0 Å². The predicted molar refractivity (Wildman–Crippen MR) is 136 cm³/mol. The molecule has 2 aromatic carbocycles. The first-order valence-corrected chi connectivity index (χ1v) is 12.1. The van der Waals surface area contributed by atoms with E-state index in [4.69, 9.17) is 9.47 Å². The van der Waals surface area contributed by atoms with Gasteiger partial charge in [-0.2, -0.15) is 0 Å². The number of carbonyl (C=O) groups is 2. The zero-order chi connectivity index (χ0) is 24.3. The van der Waals surface area contributed by atoms with E-state index in [1.807, 2.05) is 55.6 Å². The van der Waals surface area contributed by atoms with Gasteiger partial charge in [0.15, 0.2) is 0 Å². The largest absolute Gasteiger partial charge is 0.497 e. The van der Waals surface area contributed by atoms with Crippen LogP contribution in [-0.4, -0.2) is 31.6 Å². The van der Waals surface area contributed by atoms with E-state index in [1.165, 1.54) is 11.3 Å². The molecule has 0 fully saturated rings. The van der Waals surface area contributed by atoms with Gasteiger partial charge in [0.2, 0.25) is 0 Å². The smallest absolute Gasteiger partial charge is 0.267 e. The van der Waals surface area contributed by atoms with Crippen molar-refractivity contribution in [3.05, 3.63) is 87.7 Å². The molecule has 2 N–H and O–H groups in total. The van der Waals surface area contributed by atoms with E-state index in [2.05, 4.69) is 10.6 Å². The van der Waals surface area contributed by atoms with Gasteiger partial charge in [0, 0.05) is 17.0 Å². The van der Waals surface area contributed by atoms with Gasteiger partial charge in [-0.15, -0.1) is 11.3 Å². The lowest BCUT2D eigenvalue weighted by molar-refractivity contribution is -0.117. The van der Waals surface area contributed by atoms with Gasteiger partial charge in [-0.3, -0.25) is 9.59 Å². The van der Waals surface area contributed by atoms with Gasteiger partial charge in [-0.1, -0.05) is 18.2 Å². The average Bonchev–Trinajstić information content (AvgIpc) is 3.34. The third-order valence-corrected chi connectivity index (χ3v) is 5.69. The summed E-state index contributed by atoms with van der Waals surface area (Å²) in [7, 11) is 1.57. The standard InChI is InChI=1S/C27H30N2O4S/c1-19(2)33-23-9-4-7-20(17-23)8-5-15-28-27(31)25(18-24-10-6-16-34-24)29-26(30)21-11-13-22(32-3)14-12-21/h4,6-7,9-14,16-19H,5,8,15H2,1-3H3,(H,28,31)(H,29,30)/b25-18-. The Kier molecular flexibility index (Phi) is 9.29. The summed E-state index contributed by atoms with van der Waals surface area (Å²) >= 11 is 1.49. The van der Waals surface area contributed by atoms with Crippen LogP contribution < -0.4 is 20.1 Å². The zero-order valence-electron chi connectivity index (χ0n) is 19.7. The van der Waals surface area contributed by atoms with Gasteiger partial charge in [0.1, 0.15) is 17.2 Å². The molecule has 0 saturated heterocycles. The van der Waals surface area contributed by atoms with E-state index >= 15 is 0 Å². The highest BCUT2D eigenvalue weighted by Gasteiger charge is 2.15. The monoisotopic (exact) mass is 478 g/mol. The van der Waals surface area contributed by atoms with Crippen LogP contribution in [0.4, 0.5) is 0 Å². The van der Waals surface area contributed by atoms with Crippen molar-refractivity contribution in [2.75, 3.05) is 13.7 Å². The molecule has 0 bridgehead atoms. The van der Waals surface area contributed by atoms with E-state index < -0.39 is 0 Å². The summed E-state index contributed by atoms with van der Waals surface area (Å²) in [6.45, 7) is 4.47.